The molecule has 7 heteroatoms. The van der Waals surface area contributed by atoms with Gasteiger partial charge in [0.25, 0.3) is 0 Å². The number of methoxy groups -OCH3 is 1. The number of hydrogen-bond acceptors (Lipinski definition) is 6. The minimum absolute atomic E-state index is 0.0383. The van der Waals surface area contributed by atoms with Crippen molar-refractivity contribution in [3.8, 4) is 6.07 Å². The standard InChI is InChI=1S/C12H20NO5P/c1-9-6-12(7-15-2)8-16-10(9)11(12)18-19(14)17-5-3-4-13/h9-11,19H,3,5-8H2,1-2H3. The lowest BCUT2D eigenvalue weighted by Gasteiger charge is -2.29. The van der Waals surface area contributed by atoms with E-state index in [9.17, 15) is 4.57 Å². The molecular weight excluding hydrogens is 269 g/mol. The molecule has 1 aliphatic heterocycles. The Bertz CT molecular complexity index is 385. The summed E-state index contributed by atoms with van der Waals surface area (Å²) in [5, 5.41) is 8.41. The van der Waals surface area contributed by atoms with Gasteiger partial charge in [0.1, 0.15) is 6.10 Å². The third kappa shape index (κ3) is 3.01. The Hall–Kier alpha value is -0.440. The second-order valence-corrected chi connectivity index (χ2v) is 6.32. The highest BCUT2D eigenvalue weighted by Crippen LogP contribution is 2.53. The third-order valence-corrected chi connectivity index (χ3v) is 4.73. The van der Waals surface area contributed by atoms with E-state index in [0.717, 1.165) is 6.42 Å². The van der Waals surface area contributed by atoms with Crippen LogP contribution < -0.4 is 0 Å². The van der Waals surface area contributed by atoms with Crippen LogP contribution in [0.2, 0.25) is 0 Å². The zero-order chi connectivity index (χ0) is 13.9. The van der Waals surface area contributed by atoms with E-state index in [2.05, 4.69) is 6.92 Å². The highest BCUT2D eigenvalue weighted by molar-refractivity contribution is 7.33. The van der Waals surface area contributed by atoms with Gasteiger partial charge in [0, 0.05) is 12.5 Å². The molecule has 2 rings (SSSR count). The van der Waals surface area contributed by atoms with Crippen LogP contribution in [0.3, 0.4) is 0 Å². The summed E-state index contributed by atoms with van der Waals surface area (Å²) in [7, 11) is -0.938. The summed E-state index contributed by atoms with van der Waals surface area (Å²) in [6, 6.07) is 1.93. The van der Waals surface area contributed by atoms with Crippen LogP contribution in [0.25, 0.3) is 0 Å². The van der Waals surface area contributed by atoms with Crippen molar-refractivity contribution in [2.75, 3.05) is 26.9 Å². The van der Waals surface area contributed by atoms with Crippen molar-refractivity contribution < 1.29 is 23.1 Å². The van der Waals surface area contributed by atoms with Gasteiger partial charge in [-0.3, -0.25) is 4.57 Å². The second kappa shape index (κ2) is 6.34. The van der Waals surface area contributed by atoms with Crippen LogP contribution in [0.1, 0.15) is 19.8 Å². The SMILES string of the molecule is COCC12COC(C(C)C1)C2O[PH](=O)OCCC#N. The fraction of sp³-hybridized carbons (Fsp3) is 0.917. The summed E-state index contributed by atoms with van der Waals surface area (Å²) in [6.07, 6.45) is 0.882. The largest absolute Gasteiger partial charge is 0.384 e. The van der Waals surface area contributed by atoms with Gasteiger partial charge in [-0.25, -0.2) is 0 Å². The lowest BCUT2D eigenvalue weighted by molar-refractivity contribution is -0.0111. The molecule has 2 bridgehead atoms. The fourth-order valence-electron chi connectivity index (χ4n) is 3.16. The van der Waals surface area contributed by atoms with Gasteiger partial charge in [0.2, 0.25) is 0 Å². The monoisotopic (exact) mass is 289 g/mol. The van der Waals surface area contributed by atoms with Crippen molar-refractivity contribution in [1.29, 1.82) is 5.26 Å². The third-order valence-electron chi connectivity index (χ3n) is 3.84. The number of nitriles is 1. The Balaban J connectivity index is 1.95. The van der Waals surface area contributed by atoms with Crippen LogP contribution in [0.15, 0.2) is 0 Å². The molecule has 108 valence electrons. The highest BCUT2D eigenvalue weighted by Gasteiger charge is 2.59. The molecule has 0 aromatic rings. The summed E-state index contributed by atoms with van der Waals surface area (Å²) in [4.78, 5) is 0. The zero-order valence-electron chi connectivity index (χ0n) is 11.3. The summed E-state index contributed by atoms with van der Waals surface area (Å²) in [5.74, 6) is 0.364. The lowest BCUT2D eigenvalue weighted by atomic mass is 9.86. The van der Waals surface area contributed by atoms with Crippen LogP contribution >= 0.6 is 8.25 Å². The zero-order valence-corrected chi connectivity index (χ0v) is 12.3. The maximum atomic E-state index is 11.8. The molecule has 19 heavy (non-hydrogen) atoms. The Kier molecular flexibility index (Phi) is 4.99. The molecular formula is C12H20NO5P. The molecule has 0 aromatic heterocycles. The quantitative estimate of drug-likeness (QED) is 0.525. The number of rotatable bonds is 7. The molecule has 0 spiro atoms. The van der Waals surface area contributed by atoms with Gasteiger partial charge in [-0.15, -0.1) is 0 Å². The van der Waals surface area contributed by atoms with Crippen molar-refractivity contribution in [3.63, 3.8) is 0 Å². The average Bonchev–Trinajstić information content (AvgIpc) is 2.81. The Morgan fingerprint density at radius 1 is 1.58 bits per heavy atom. The van der Waals surface area contributed by atoms with Crippen molar-refractivity contribution >= 4 is 8.25 Å². The molecule has 5 atom stereocenters. The van der Waals surface area contributed by atoms with E-state index in [1.807, 2.05) is 6.07 Å². The normalized spacial score (nSPS) is 38.3. The van der Waals surface area contributed by atoms with E-state index < -0.39 is 8.25 Å². The molecule has 5 unspecified atom stereocenters. The molecule has 0 aromatic carbocycles. The van der Waals surface area contributed by atoms with E-state index in [0.29, 0.717) is 19.1 Å². The molecule has 2 fully saturated rings. The maximum absolute atomic E-state index is 11.8. The number of nitrogens with zero attached hydrogens (tertiary/aromatic N) is 1. The van der Waals surface area contributed by atoms with Crippen LogP contribution in [-0.2, 0) is 23.1 Å². The molecule has 1 saturated heterocycles. The first-order chi connectivity index (χ1) is 9.13. The van der Waals surface area contributed by atoms with Crippen LogP contribution in [0.4, 0.5) is 0 Å². The summed E-state index contributed by atoms with van der Waals surface area (Å²) < 4.78 is 33.4. The Morgan fingerprint density at radius 2 is 2.37 bits per heavy atom. The first-order valence-corrected chi connectivity index (χ1v) is 7.66. The molecule has 1 aliphatic carbocycles. The first kappa shape index (κ1) is 15.0. The second-order valence-electron chi connectivity index (χ2n) is 5.30. The molecule has 0 radical (unpaired) electrons. The van der Waals surface area contributed by atoms with Crippen molar-refractivity contribution in [2.24, 2.45) is 11.3 Å². The average molecular weight is 289 g/mol. The predicted octanol–water partition coefficient (Wildman–Crippen LogP) is 1.76. The Morgan fingerprint density at radius 3 is 3.00 bits per heavy atom. The molecule has 0 amide bonds. The van der Waals surface area contributed by atoms with E-state index in [-0.39, 0.29) is 30.7 Å². The molecule has 6 nitrogen and oxygen atoms in total. The summed E-state index contributed by atoms with van der Waals surface area (Å²) in [6.45, 7) is 3.35. The maximum Gasteiger partial charge on any atom is 0.319 e. The minimum Gasteiger partial charge on any atom is -0.384 e. The van der Waals surface area contributed by atoms with Crippen LogP contribution in [0.5, 0.6) is 0 Å². The van der Waals surface area contributed by atoms with Gasteiger partial charge < -0.3 is 18.5 Å². The van der Waals surface area contributed by atoms with Gasteiger partial charge in [-0.05, 0) is 12.3 Å². The van der Waals surface area contributed by atoms with E-state index in [4.69, 9.17) is 23.8 Å². The van der Waals surface area contributed by atoms with Crippen LogP contribution in [-0.4, -0.2) is 39.1 Å². The fourth-order valence-corrected chi connectivity index (χ4v) is 4.08. The van der Waals surface area contributed by atoms with Crippen molar-refractivity contribution in [2.45, 2.75) is 32.0 Å². The lowest BCUT2D eigenvalue weighted by Crippen LogP contribution is -2.36. The molecule has 1 saturated carbocycles. The number of ether oxygens (including phenoxy) is 2. The summed E-state index contributed by atoms with van der Waals surface area (Å²) >= 11 is 0. The highest BCUT2D eigenvalue weighted by atomic mass is 31.1. The smallest absolute Gasteiger partial charge is 0.319 e. The molecule has 2 aliphatic rings. The van der Waals surface area contributed by atoms with Gasteiger partial charge in [0.15, 0.2) is 0 Å². The number of hydrogen-bond donors (Lipinski definition) is 0. The van der Waals surface area contributed by atoms with Crippen molar-refractivity contribution in [1.82, 2.24) is 0 Å². The van der Waals surface area contributed by atoms with Gasteiger partial charge in [-0.1, -0.05) is 6.92 Å². The Labute approximate surface area is 113 Å². The van der Waals surface area contributed by atoms with E-state index in [1.165, 1.54) is 0 Å². The summed E-state index contributed by atoms with van der Waals surface area (Å²) in [5.41, 5.74) is -0.211. The topological polar surface area (TPSA) is 77.8 Å². The van der Waals surface area contributed by atoms with E-state index >= 15 is 0 Å². The van der Waals surface area contributed by atoms with E-state index in [1.54, 1.807) is 7.11 Å². The van der Waals surface area contributed by atoms with Gasteiger partial charge in [-0.2, -0.15) is 5.26 Å². The van der Waals surface area contributed by atoms with Crippen molar-refractivity contribution in [3.05, 3.63) is 0 Å². The molecule has 0 N–H and O–H groups in total. The predicted molar refractivity (Wildman–Crippen MR) is 67.9 cm³/mol. The van der Waals surface area contributed by atoms with Gasteiger partial charge >= 0.3 is 8.25 Å². The molecule has 1 heterocycles. The van der Waals surface area contributed by atoms with Crippen LogP contribution in [0, 0.1) is 22.7 Å². The first-order valence-electron chi connectivity index (χ1n) is 6.44. The minimum atomic E-state index is -2.59. The number of fused-ring (bicyclic) bond motifs is 2. The van der Waals surface area contributed by atoms with Gasteiger partial charge in [0.05, 0.1) is 38.4 Å².